The first-order valence-electron chi connectivity index (χ1n) is 13.0. The zero-order valence-electron chi connectivity index (χ0n) is 24.5. The molecule has 1 unspecified atom stereocenters. The van der Waals surface area contributed by atoms with Crippen LogP contribution in [0.5, 0.6) is 11.5 Å². The summed E-state index contributed by atoms with van der Waals surface area (Å²) in [6, 6.07) is 5.82. The smallest absolute Gasteiger partial charge is 0.458 e. The van der Waals surface area contributed by atoms with Gasteiger partial charge in [0.05, 0.1) is 49.1 Å². The van der Waals surface area contributed by atoms with Crippen molar-refractivity contribution in [1.29, 1.82) is 0 Å². The largest absolute Gasteiger partial charge is 0.493 e. The van der Waals surface area contributed by atoms with Gasteiger partial charge in [0.1, 0.15) is 0 Å². The lowest BCUT2D eigenvalue weighted by Gasteiger charge is -2.44. The van der Waals surface area contributed by atoms with Crippen molar-refractivity contribution in [3.8, 4) is 22.8 Å². The number of hydrogen-bond donors (Lipinski definition) is 0. The van der Waals surface area contributed by atoms with E-state index in [0.29, 0.717) is 31.0 Å². The first-order valence-corrected chi connectivity index (χ1v) is 15.3. The maximum absolute atomic E-state index is 6.62. The second-order valence-electron chi connectivity index (χ2n) is 11.9. The topological polar surface area (TPSA) is 71.9 Å². The summed E-state index contributed by atoms with van der Waals surface area (Å²) in [6.07, 6.45) is 8.66. The number of methoxy groups -OCH3 is 1. The van der Waals surface area contributed by atoms with E-state index in [2.05, 4.69) is 66.0 Å². The van der Waals surface area contributed by atoms with Crippen LogP contribution in [-0.2, 0) is 13.5 Å². The van der Waals surface area contributed by atoms with E-state index in [1.807, 2.05) is 31.3 Å². The summed E-state index contributed by atoms with van der Waals surface area (Å²) in [4.78, 5) is 9.60. The van der Waals surface area contributed by atoms with Gasteiger partial charge in [-0.3, -0.25) is 4.98 Å². The Labute approximate surface area is 225 Å². The van der Waals surface area contributed by atoms with E-state index in [-0.39, 0.29) is 17.8 Å². The molecule has 2 aromatic rings. The highest BCUT2D eigenvalue weighted by Gasteiger charge is 2.51. The predicted octanol–water partition coefficient (Wildman–Crippen LogP) is 6.52. The molecule has 9 heteroatoms. The number of benzene rings is 1. The van der Waals surface area contributed by atoms with Gasteiger partial charge < -0.3 is 23.0 Å². The average molecular weight is 533 g/mol. The van der Waals surface area contributed by atoms with Gasteiger partial charge >= 0.3 is 7.12 Å². The highest BCUT2D eigenvalue weighted by molar-refractivity contribution is 8.29. The predicted molar refractivity (Wildman–Crippen MR) is 154 cm³/mol. The summed E-state index contributed by atoms with van der Waals surface area (Å²) in [5.74, 6) is 1.32. The van der Waals surface area contributed by atoms with Crippen LogP contribution in [0.25, 0.3) is 11.3 Å². The minimum atomic E-state index is -1.32. The van der Waals surface area contributed by atoms with Crippen LogP contribution in [0.1, 0.15) is 67.0 Å². The molecule has 0 saturated carbocycles. The van der Waals surface area contributed by atoms with Gasteiger partial charge in [-0.2, -0.15) is 0 Å². The van der Waals surface area contributed by atoms with Crippen LogP contribution in [-0.4, -0.2) is 65.9 Å². The molecule has 206 valence electrons. The third-order valence-corrected chi connectivity index (χ3v) is 11.3. The van der Waals surface area contributed by atoms with E-state index in [1.54, 1.807) is 13.3 Å². The van der Waals surface area contributed by atoms with Crippen LogP contribution in [0, 0.1) is 0 Å². The van der Waals surface area contributed by atoms with E-state index in [9.17, 15) is 0 Å². The van der Waals surface area contributed by atoms with Gasteiger partial charge in [0.15, 0.2) is 11.5 Å². The van der Waals surface area contributed by atoms with Gasteiger partial charge in [0.2, 0.25) is 0 Å². The second-order valence-corrected chi connectivity index (χ2v) is 15.8. The number of nitrogens with zero attached hydrogens (tertiary/aromatic N) is 2. The van der Waals surface area contributed by atoms with Crippen molar-refractivity contribution in [3.63, 3.8) is 0 Å². The first kappa shape index (κ1) is 29.7. The summed E-state index contributed by atoms with van der Waals surface area (Å²) < 4.78 is 30.6. The Morgan fingerprint density at radius 2 is 1.68 bits per heavy atom. The molecule has 0 spiro atoms. The Hall–Kier alpha value is -1.81. The van der Waals surface area contributed by atoms with Gasteiger partial charge in [-0.25, -0.2) is 4.98 Å². The summed E-state index contributed by atoms with van der Waals surface area (Å²) in [5.41, 5.74) is 1.73. The average Bonchev–Trinajstić information content (AvgIpc) is 3.01. The number of hydrogen-bond acceptors (Lipinski definition) is 7. The fourth-order valence-electron chi connectivity index (χ4n) is 3.82. The highest BCUT2D eigenvalue weighted by Crippen LogP contribution is 2.54. The first-order chi connectivity index (χ1) is 17.1. The lowest BCUT2D eigenvalue weighted by atomic mass is 9.76. The van der Waals surface area contributed by atoms with Gasteiger partial charge in [-0.05, 0) is 71.6 Å². The van der Waals surface area contributed by atoms with Crippen LogP contribution < -0.4 is 9.47 Å². The Morgan fingerprint density at radius 1 is 1.03 bits per heavy atom. The quantitative estimate of drug-likeness (QED) is 0.323. The van der Waals surface area contributed by atoms with Crippen molar-refractivity contribution in [2.24, 2.45) is 0 Å². The molecular formula is C28H45BN2O5S. The molecule has 1 aromatic heterocycles. The van der Waals surface area contributed by atoms with Crippen LogP contribution in [0.15, 0.2) is 30.6 Å². The molecule has 1 fully saturated rings. The standard InChI is InChI=1S/C28H45BN2O5S/c1-12-33-25-15-20(13-14-24(25)32-9)22-17-30-18-23(31-22)21(19-34-37(10,11)26(2,3)4)16-29-35-27(5,6)28(7,8)36-29/h13-15,17-18,21H,12,16,19H2,1-11H3. The van der Waals surface area contributed by atoms with Crippen molar-refractivity contribution in [3.05, 3.63) is 36.3 Å². The third kappa shape index (κ3) is 6.80. The molecule has 1 aromatic carbocycles. The van der Waals surface area contributed by atoms with E-state index >= 15 is 0 Å². The molecule has 2 heterocycles. The molecule has 1 aliphatic rings. The Morgan fingerprint density at radius 3 is 2.24 bits per heavy atom. The van der Waals surface area contributed by atoms with Crippen LogP contribution in [0.4, 0.5) is 0 Å². The summed E-state index contributed by atoms with van der Waals surface area (Å²) in [5, 5.41) is 0. The normalized spacial score (nSPS) is 18.5. The van der Waals surface area contributed by atoms with Gasteiger partial charge in [0.25, 0.3) is 0 Å². The molecule has 7 nitrogen and oxygen atoms in total. The van der Waals surface area contributed by atoms with E-state index in [0.717, 1.165) is 17.0 Å². The van der Waals surface area contributed by atoms with Crippen molar-refractivity contribution < 1.29 is 23.0 Å². The SMILES string of the molecule is CCOc1cc(-c2cncc(C(COS(C)(C)C(C)(C)C)CB3OC(C)(C)C(C)(C)O3)n2)ccc1OC. The molecule has 0 N–H and O–H groups in total. The molecule has 3 rings (SSSR count). The third-order valence-electron chi connectivity index (χ3n) is 7.65. The number of rotatable bonds is 10. The molecular weight excluding hydrogens is 487 g/mol. The zero-order chi connectivity index (χ0) is 27.6. The molecule has 37 heavy (non-hydrogen) atoms. The zero-order valence-corrected chi connectivity index (χ0v) is 25.3. The summed E-state index contributed by atoms with van der Waals surface area (Å²) in [6.45, 7) is 18.0. The van der Waals surface area contributed by atoms with Crippen LogP contribution >= 0.6 is 10.3 Å². The summed E-state index contributed by atoms with van der Waals surface area (Å²) >= 11 is 0. The fourth-order valence-corrected chi connectivity index (χ4v) is 4.68. The summed E-state index contributed by atoms with van der Waals surface area (Å²) in [7, 11) is -0.0430. The van der Waals surface area contributed by atoms with E-state index in [4.69, 9.17) is 27.9 Å². The molecule has 1 atom stereocenters. The minimum absolute atomic E-state index is 0.0498. The maximum Gasteiger partial charge on any atom is 0.458 e. The number of ether oxygens (including phenoxy) is 2. The van der Waals surface area contributed by atoms with Crippen molar-refractivity contribution >= 4 is 17.4 Å². The van der Waals surface area contributed by atoms with E-state index < -0.39 is 21.5 Å². The van der Waals surface area contributed by atoms with Gasteiger partial charge in [-0.1, -0.05) is 20.8 Å². The molecule has 0 bridgehead atoms. The lowest BCUT2D eigenvalue weighted by molar-refractivity contribution is 0.00578. The van der Waals surface area contributed by atoms with Crippen molar-refractivity contribution in [2.45, 2.75) is 83.6 Å². The van der Waals surface area contributed by atoms with Gasteiger partial charge in [0, 0.05) is 22.4 Å². The highest BCUT2D eigenvalue weighted by atomic mass is 32.3. The maximum atomic E-state index is 6.62. The van der Waals surface area contributed by atoms with Gasteiger partial charge in [-0.15, -0.1) is 10.3 Å². The monoisotopic (exact) mass is 532 g/mol. The lowest BCUT2D eigenvalue weighted by Crippen LogP contribution is -2.41. The molecule has 1 saturated heterocycles. The number of aromatic nitrogens is 2. The van der Waals surface area contributed by atoms with E-state index in [1.165, 1.54) is 0 Å². The Bertz CT molecular complexity index is 1050. The molecule has 1 aliphatic heterocycles. The second kappa shape index (κ2) is 11.1. The molecule has 0 radical (unpaired) electrons. The van der Waals surface area contributed by atoms with Crippen LogP contribution in [0.3, 0.4) is 0 Å². The van der Waals surface area contributed by atoms with Crippen molar-refractivity contribution in [1.82, 2.24) is 9.97 Å². The molecule has 0 aliphatic carbocycles. The van der Waals surface area contributed by atoms with Crippen LogP contribution in [0.2, 0.25) is 6.32 Å². The Balaban J connectivity index is 1.93. The minimum Gasteiger partial charge on any atom is -0.493 e. The fraction of sp³-hybridized carbons (Fsp3) is 0.643. The molecule has 0 amide bonds. The van der Waals surface area contributed by atoms with Crippen molar-refractivity contribution in [2.75, 3.05) is 32.8 Å². The Kier molecular flexibility index (Phi) is 8.94.